The van der Waals surface area contributed by atoms with Crippen LogP contribution in [0.25, 0.3) is 11.0 Å². The van der Waals surface area contributed by atoms with Crippen LogP contribution >= 0.6 is 0 Å². The highest BCUT2D eigenvalue weighted by molar-refractivity contribution is 5.98. The van der Waals surface area contributed by atoms with E-state index < -0.39 is 0 Å². The van der Waals surface area contributed by atoms with E-state index in [-0.39, 0.29) is 12.1 Å². The minimum absolute atomic E-state index is 0.0780. The average molecular weight is 344 g/mol. The highest BCUT2D eigenvalue weighted by Gasteiger charge is 2.25. The highest BCUT2D eigenvalue weighted by atomic mass is 16.5. The van der Waals surface area contributed by atoms with Gasteiger partial charge in [0.1, 0.15) is 11.0 Å². The molecule has 8 nitrogen and oxygen atoms in total. The van der Waals surface area contributed by atoms with E-state index in [4.69, 9.17) is 4.74 Å². The van der Waals surface area contributed by atoms with Crippen LogP contribution in [0, 0.1) is 0 Å². The summed E-state index contributed by atoms with van der Waals surface area (Å²) < 4.78 is 5.96. The number of amides is 2. The second-order valence-electron chi connectivity index (χ2n) is 6.73. The van der Waals surface area contributed by atoms with Crippen LogP contribution in [-0.2, 0) is 4.74 Å². The number of H-pyrrole nitrogens is 1. The van der Waals surface area contributed by atoms with Gasteiger partial charge >= 0.3 is 6.03 Å². The number of benzene rings is 1. The van der Waals surface area contributed by atoms with Gasteiger partial charge in [-0.2, -0.15) is 15.4 Å². The molecule has 0 radical (unpaired) electrons. The van der Waals surface area contributed by atoms with Crippen LogP contribution in [-0.4, -0.2) is 76.7 Å². The van der Waals surface area contributed by atoms with Gasteiger partial charge in [-0.15, -0.1) is 0 Å². The predicted octanol–water partition coefficient (Wildman–Crippen LogP) is 1.68. The molecule has 2 amide bonds. The summed E-state index contributed by atoms with van der Waals surface area (Å²) in [5, 5.41) is 13.8. The number of fused-ring (bicyclic) bond motifs is 1. The molecule has 0 bridgehead atoms. The van der Waals surface area contributed by atoms with E-state index in [0.29, 0.717) is 30.9 Å². The summed E-state index contributed by atoms with van der Waals surface area (Å²) >= 11 is 0. The Morgan fingerprint density at radius 2 is 2.12 bits per heavy atom. The number of para-hydroxylation sites is 1. The van der Waals surface area contributed by atoms with E-state index in [2.05, 4.69) is 25.6 Å². The fourth-order valence-corrected chi connectivity index (χ4v) is 3.61. The second kappa shape index (κ2) is 7.37. The number of likely N-dealkylation sites (tertiary alicyclic amines) is 1. The third kappa shape index (κ3) is 3.74. The zero-order chi connectivity index (χ0) is 17.1. The summed E-state index contributed by atoms with van der Waals surface area (Å²) in [6.07, 6.45) is 3.46. The Kier molecular flexibility index (Phi) is 4.80. The number of carbonyl (C=O) groups excluding carboxylic acids is 1. The Labute approximate surface area is 146 Å². The zero-order valence-corrected chi connectivity index (χ0v) is 14.3. The zero-order valence-electron chi connectivity index (χ0n) is 14.3. The quantitative estimate of drug-likeness (QED) is 0.885. The Bertz CT molecular complexity index is 727. The van der Waals surface area contributed by atoms with Crippen LogP contribution in [0.4, 0.5) is 10.5 Å². The number of hydrogen-bond acceptors (Lipinski definition) is 5. The summed E-state index contributed by atoms with van der Waals surface area (Å²) in [7, 11) is 0. The van der Waals surface area contributed by atoms with Gasteiger partial charge in [0.25, 0.3) is 0 Å². The first kappa shape index (κ1) is 16.3. The third-order valence-electron chi connectivity index (χ3n) is 4.89. The first-order chi connectivity index (χ1) is 12.3. The first-order valence-corrected chi connectivity index (χ1v) is 8.99. The molecule has 134 valence electrons. The molecular weight excluding hydrogens is 320 g/mol. The monoisotopic (exact) mass is 344 g/mol. The number of anilines is 1. The smallest absolute Gasteiger partial charge is 0.321 e. The minimum atomic E-state index is -0.104. The number of ether oxygens (including phenoxy) is 1. The molecule has 2 saturated heterocycles. The molecule has 0 saturated carbocycles. The van der Waals surface area contributed by atoms with Gasteiger partial charge in [-0.05, 0) is 44.5 Å². The van der Waals surface area contributed by atoms with Gasteiger partial charge in [-0.3, -0.25) is 0 Å². The lowest BCUT2D eigenvalue weighted by atomic mass is 10.2. The SMILES string of the molecule is O=C(Nc1cccc2n[nH]nc12)N1CCCO[C@@H](CN2CCCC2)C1. The Morgan fingerprint density at radius 1 is 1.24 bits per heavy atom. The lowest BCUT2D eigenvalue weighted by molar-refractivity contribution is 0.0355. The lowest BCUT2D eigenvalue weighted by Gasteiger charge is -2.27. The summed E-state index contributed by atoms with van der Waals surface area (Å²) in [6, 6.07) is 5.47. The molecule has 1 atom stereocenters. The van der Waals surface area contributed by atoms with Crippen molar-refractivity contribution in [1.29, 1.82) is 0 Å². The summed E-state index contributed by atoms with van der Waals surface area (Å²) in [6.45, 7) is 5.22. The molecule has 25 heavy (non-hydrogen) atoms. The number of urea groups is 1. The van der Waals surface area contributed by atoms with Crippen LogP contribution in [0.2, 0.25) is 0 Å². The molecule has 2 fully saturated rings. The molecule has 2 aromatic rings. The summed E-state index contributed by atoms with van der Waals surface area (Å²) in [5.41, 5.74) is 2.09. The van der Waals surface area contributed by atoms with Crippen molar-refractivity contribution in [2.45, 2.75) is 25.4 Å². The topological polar surface area (TPSA) is 86.4 Å². The van der Waals surface area contributed by atoms with E-state index in [9.17, 15) is 4.79 Å². The molecule has 2 N–H and O–H groups in total. The van der Waals surface area contributed by atoms with Gasteiger partial charge in [0.15, 0.2) is 0 Å². The molecule has 0 unspecified atom stereocenters. The van der Waals surface area contributed by atoms with Crippen molar-refractivity contribution < 1.29 is 9.53 Å². The normalized spacial score (nSPS) is 22.2. The van der Waals surface area contributed by atoms with Gasteiger partial charge in [0.2, 0.25) is 0 Å². The third-order valence-corrected chi connectivity index (χ3v) is 4.89. The van der Waals surface area contributed by atoms with Gasteiger partial charge in [-0.1, -0.05) is 6.07 Å². The number of carbonyl (C=O) groups is 1. The van der Waals surface area contributed by atoms with E-state index in [0.717, 1.165) is 31.6 Å². The molecule has 0 spiro atoms. The fourth-order valence-electron chi connectivity index (χ4n) is 3.61. The molecule has 0 aliphatic carbocycles. The van der Waals surface area contributed by atoms with Crippen molar-refractivity contribution in [2.75, 3.05) is 44.6 Å². The van der Waals surface area contributed by atoms with Crippen LogP contribution < -0.4 is 5.32 Å². The van der Waals surface area contributed by atoms with Crippen LogP contribution in [0.15, 0.2) is 18.2 Å². The summed E-state index contributed by atoms with van der Waals surface area (Å²) in [5.74, 6) is 0. The maximum absolute atomic E-state index is 12.8. The van der Waals surface area contributed by atoms with Crippen molar-refractivity contribution in [3.63, 3.8) is 0 Å². The number of aromatic amines is 1. The molecule has 3 heterocycles. The maximum atomic E-state index is 12.8. The van der Waals surface area contributed by atoms with E-state index in [1.54, 1.807) is 0 Å². The van der Waals surface area contributed by atoms with Crippen molar-refractivity contribution in [3.8, 4) is 0 Å². The number of rotatable bonds is 3. The fraction of sp³-hybridized carbons (Fsp3) is 0.588. The molecular formula is C17H24N6O2. The molecule has 1 aromatic carbocycles. The van der Waals surface area contributed by atoms with Gasteiger partial charge in [-0.25, -0.2) is 4.79 Å². The van der Waals surface area contributed by atoms with Gasteiger partial charge in [0.05, 0.1) is 11.8 Å². The molecule has 8 heteroatoms. The van der Waals surface area contributed by atoms with Crippen LogP contribution in [0.5, 0.6) is 0 Å². The number of hydrogen-bond donors (Lipinski definition) is 2. The Balaban J connectivity index is 1.42. The number of aromatic nitrogens is 3. The second-order valence-corrected chi connectivity index (χ2v) is 6.73. The lowest BCUT2D eigenvalue weighted by Crippen LogP contribution is -2.43. The van der Waals surface area contributed by atoms with Gasteiger partial charge < -0.3 is 19.9 Å². The van der Waals surface area contributed by atoms with Crippen LogP contribution in [0.1, 0.15) is 19.3 Å². The molecule has 2 aliphatic rings. The summed E-state index contributed by atoms with van der Waals surface area (Å²) in [4.78, 5) is 17.0. The maximum Gasteiger partial charge on any atom is 0.321 e. The van der Waals surface area contributed by atoms with Crippen molar-refractivity contribution in [3.05, 3.63) is 18.2 Å². The van der Waals surface area contributed by atoms with E-state index in [1.165, 1.54) is 12.8 Å². The molecule has 1 aromatic heterocycles. The van der Waals surface area contributed by atoms with Crippen molar-refractivity contribution in [1.82, 2.24) is 25.2 Å². The average Bonchev–Trinajstić information content (AvgIpc) is 3.24. The number of nitrogens with one attached hydrogen (secondary N) is 2. The molecule has 4 rings (SSSR count). The van der Waals surface area contributed by atoms with Crippen molar-refractivity contribution in [2.24, 2.45) is 0 Å². The minimum Gasteiger partial charge on any atom is -0.375 e. The highest BCUT2D eigenvalue weighted by Crippen LogP contribution is 2.20. The van der Waals surface area contributed by atoms with Crippen LogP contribution in [0.3, 0.4) is 0 Å². The standard InChI is InChI=1S/C17H24N6O2/c24-17(18-14-5-3-6-15-16(14)20-21-19-15)23-9-4-10-25-13(12-23)11-22-7-1-2-8-22/h3,5-6,13H,1-2,4,7-12H2,(H,18,24)(H,19,20,21)/t13-/m0/s1. The van der Waals surface area contributed by atoms with E-state index in [1.807, 2.05) is 23.1 Å². The number of nitrogens with zero attached hydrogens (tertiary/aromatic N) is 4. The van der Waals surface area contributed by atoms with Gasteiger partial charge in [0, 0.05) is 26.2 Å². The van der Waals surface area contributed by atoms with Crippen molar-refractivity contribution >= 4 is 22.8 Å². The Hall–Kier alpha value is -2.19. The van der Waals surface area contributed by atoms with E-state index >= 15 is 0 Å². The largest absolute Gasteiger partial charge is 0.375 e. The predicted molar refractivity (Wildman–Crippen MR) is 94.5 cm³/mol. The Morgan fingerprint density at radius 3 is 3.00 bits per heavy atom. The first-order valence-electron chi connectivity index (χ1n) is 8.99. The molecule has 2 aliphatic heterocycles.